The van der Waals surface area contributed by atoms with Crippen LogP contribution < -0.4 is 4.90 Å². The lowest BCUT2D eigenvalue weighted by Crippen LogP contribution is -2.18. The molecule has 0 saturated carbocycles. The smallest absolute Gasteiger partial charge is 0.137 e. The van der Waals surface area contributed by atoms with Crippen molar-refractivity contribution in [3.63, 3.8) is 0 Å². The summed E-state index contributed by atoms with van der Waals surface area (Å²) in [6.07, 6.45) is 0. The Morgan fingerprint density at radius 1 is 0.348 bits per heavy atom. The highest BCUT2D eigenvalue weighted by Gasteiger charge is 2.29. The number of hydrogen-bond donors (Lipinski definition) is 0. The maximum atomic E-state index is 6.35. The van der Waals surface area contributed by atoms with Gasteiger partial charge in [-0.1, -0.05) is 78.9 Å². The number of benzene rings is 7. The molecule has 0 unspecified atom stereocenters. The number of hydrogen-bond acceptors (Lipinski definition) is 2. The number of aromatic nitrogens is 2. The highest BCUT2D eigenvalue weighted by atomic mass is 16.3. The van der Waals surface area contributed by atoms with Crippen molar-refractivity contribution in [2.45, 2.75) is 0 Å². The van der Waals surface area contributed by atoms with Crippen LogP contribution in [0.1, 0.15) is 0 Å². The molecular weight excluding hydrogens is 562 g/mol. The Morgan fingerprint density at radius 3 is 1.74 bits per heavy atom. The van der Waals surface area contributed by atoms with Gasteiger partial charge in [-0.15, -0.1) is 0 Å². The SMILES string of the molecule is c1ccc2c(c1)N(c1ccc(-n3c4ccccc4c4ccccc43)cc1)c1cccc3c4cc5c(cc4n-2c13)oc1ccccc15. The van der Waals surface area contributed by atoms with Gasteiger partial charge in [0.1, 0.15) is 11.2 Å². The lowest BCUT2D eigenvalue weighted by Gasteiger charge is -2.33. The second-order valence-corrected chi connectivity index (χ2v) is 12.2. The first kappa shape index (κ1) is 24.1. The van der Waals surface area contributed by atoms with Gasteiger partial charge in [0.25, 0.3) is 0 Å². The summed E-state index contributed by atoms with van der Waals surface area (Å²) in [5.74, 6) is 0. The summed E-state index contributed by atoms with van der Waals surface area (Å²) < 4.78 is 11.1. The summed E-state index contributed by atoms with van der Waals surface area (Å²) >= 11 is 0. The minimum Gasteiger partial charge on any atom is -0.456 e. The van der Waals surface area contributed by atoms with Crippen LogP contribution in [0.2, 0.25) is 0 Å². The van der Waals surface area contributed by atoms with E-state index >= 15 is 0 Å². The zero-order valence-electron chi connectivity index (χ0n) is 24.7. The molecule has 4 nitrogen and oxygen atoms in total. The number of furan rings is 1. The van der Waals surface area contributed by atoms with Crippen molar-refractivity contribution in [2.75, 3.05) is 4.90 Å². The van der Waals surface area contributed by atoms with Crippen molar-refractivity contribution in [3.8, 4) is 11.4 Å². The van der Waals surface area contributed by atoms with Crippen molar-refractivity contribution in [1.82, 2.24) is 9.13 Å². The van der Waals surface area contributed by atoms with Crippen LogP contribution in [-0.2, 0) is 0 Å². The van der Waals surface area contributed by atoms with Crippen LogP contribution in [0.4, 0.5) is 17.1 Å². The van der Waals surface area contributed by atoms with Gasteiger partial charge in [0.2, 0.25) is 0 Å². The lowest BCUT2D eigenvalue weighted by atomic mass is 10.1. The average Bonchev–Trinajstić information content (AvgIpc) is 3.76. The summed E-state index contributed by atoms with van der Waals surface area (Å²) in [6, 6.07) is 54.6. The highest BCUT2D eigenvalue weighted by molar-refractivity contribution is 6.21. The van der Waals surface area contributed by atoms with Gasteiger partial charge in [0.05, 0.1) is 39.1 Å². The number of rotatable bonds is 2. The molecule has 0 aliphatic carbocycles. The molecule has 10 aromatic rings. The van der Waals surface area contributed by atoms with Crippen LogP contribution in [0.25, 0.3) is 76.9 Å². The van der Waals surface area contributed by atoms with Gasteiger partial charge >= 0.3 is 0 Å². The van der Waals surface area contributed by atoms with Gasteiger partial charge in [-0.3, -0.25) is 0 Å². The van der Waals surface area contributed by atoms with E-state index in [1.807, 2.05) is 12.1 Å². The second-order valence-electron chi connectivity index (χ2n) is 12.2. The van der Waals surface area contributed by atoms with Gasteiger partial charge in [0, 0.05) is 49.8 Å². The summed E-state index contributed by atoms with van der Waals surface area (Å²) in [5.41, 5.74) is 12.4. The van der Waals surface area contributed by atoms with Crippen LogP contribution in [0.3, 0.4) is 0 Å². The minimum absolute atomic E-state index is 0.912. The van der Waals surface area contributed by atoms with Crippen LogP contribution in [0.15, 0.2) is 156 Å². The van der Waals surface area contributed by atoms with E-state index in [-0.39, 0.29) is 0 Å². The zero-order valence-corrected chi connectivity index (χ0v) is 24.7. The van der Waals surface area contributed by atoms with Crippen molar-refractivity contribution in [1.29, 1.82) is 0 Å². The van der Waals surface area contributed by atoms with Crippen molar-refractivity contribution < 1.29 is 4.42 Å². The van der Waals surface area contributed by atoms with Gasteiger partial charge in [0.15, 0.2) is 0 Å². The minimum atomic E-state index is 0.912. The lowest BCUT2D eigenvalue weighted by molar-refractivity contribution is 0.669. The first-order valence-electron chi connectivity index (χ1n) is 15.7. The third-order valence-corrected chi connectivity index (χ3v) is 9.82. The monoisotopic (exact) mass is 587 g/mol. The molecule has 46 heavy (non-hydrogen) atoms. The van der Waals surface area contributed by atoms with Crippen LogP contribution in [-0.4, -0.2) is 9.13 Å². The number of para-hydroxylation sites is 6. The van der Waals surface area contributed by atoms with E-state index in [0.717, 1.165) is 50.2 Å². The van der Waals surface area contributed by atoms with Crippen LogP contribution >= 0.6 is 0 Å². The Kier molecular flexibility index (Phi) is 4.55. The Hall–Kier alpha value is -6.26. The molecule has 4 heteroatoms. The molecule has 7 aromatic carbocycles. The summed E-state index contributed by atoms with van der Waals surface area (Å²) in [5, 5.41) is 7.31. The number of nitrogens with zero attached hydrogens (tertiary/aromatic N) is 3. The molecule has 0 atom stereocenters. The van der Waals surface area contributed by atoms with E-state index in [0.29, 0.717) is 0 Å². The molecular formula is C42H25N3O. The third-order valence-electron chi connectivity index (χ3n) is 9.82. The fourth-order valence-electron chi connectivity index (χ4n) is 7.90. The second kappa shape index (κ2) is 8.68. The van der Waals surface area contributed by atoms with Crippen LogP contribution in [0, 0.1) is 0 Å². The largest absolute Gasteiger partial charge is 0.456 e. The fraction of sp³-hybridized carbons (Fsp3) is 0. The van der Waals surface area contributed by atoms with E-state index in [9.17, 15) is 0 Å². The van der Waals surface area contributed by atoms with Crippen LogP contribution in [0.5, 0.6) is 0 Å². The topological polar surface area (TPSA) is 26.2 Å². The highest BCUT2D eigenvalue weighted by Crippen LogP contribution is 2.50. The molecule has 214 valence electrons. The molecule has 0 N–H and O–H groups in total. The summed E-state index contributed by atoms with van der Waals surface area (Å²) in [6.45, 7) is 0. The molecule has 0 spiro atoms. The van der Waals surface area contributed by atoms with E-state index < -0.39 is 0 Å². The maximum absolute atomic E-state index is 6.35. The Morgan fingerprint density at radius 2 is 0.957 bits per heavy atom. The molecule has 1 aliphatic rings. The third kappa shape index (κ3) is 3.03. The molecule has 0 amide bonds. The normalized spacial score (nSPS) is 12.7. The Bertz CT molecular complexity index is 2810. The van der Waals surface area contributed by atoms with Crippen molar-refractivity contribution >= 4 is 82.6 Å². The molecule has 0 fully saturated rings. The van der Waals surface area contributed by atoms with Gasteiger partial charge in [-0.2, -0.15) is 0 Å². The molecule has 0 radical (unpaired) electrons. The summed E-state index contributed by atoms with van der Waals surface area (Å²) in [7, 11) is 0. The maximum Gasteiger partial charge on any atom is 0.137 e. The zero-order chi connectivity index (χ0) is 29.9. The van der Waals surface area contributed by atoms with E-state index in [1.165, 1.54) is 43.8 Å². The van der Waals surface area contributed by atoms with Gasteiger partial charge in [-0.25, -0.2) is 0 Å². The number of fused-ring (bicyclic) bond motifs is 11. The van der Waals surface area contributed by atoms with Gasteiger partial charge < -0.3 is 18.5 Å². The van der Waals surface area contributed by atoms with Gasteiger partial charge in [-0.05, 0) is 66.7 Å². The van der Waals surface area contributed by atoms with E-state index in [1.54, 1.807) is 0 Å². The predicted molar refractivity (Wildman–Crippen MR) is 191 cm³/mol. The molecule has 1 aliphatic heterocycles. The first-order chi connectivity index (χ1) is 22.8. The molecule has 11 rings (SSSR count). The summed E-state index contributed by atoms with van der Waals surface area (Å²) in [4.78, 5) is 2.41. The predicted octanol–water partition coefficient (Wildman–Crippen LogP) is 11.6. The van der Waals surface area contributed by atoms with E-state index in [2.05, 4.69) is 154 Å². The quantitative estimate of drug-likeness (QED) is 0.201. The van der Waals surface area contributed by atoms with E-state index in [4.69, 9.17) is 4.42 Å². The molecule has 0 bridgehead atoms. The molecule has 4 heterocycles. The standard InChI is InChI=1S/C42H25N3O/c1-4-14-34-28(10-1)29-11-2-5-15-35(29)43(34)26-20-22-27(23-21-26)44-36-16-6-7-17-37(36)45-39-25-41-33(30-12-3-8-19-40(30)46-41)24-32(39)31-13-9-18-38(44)42(31)45/h1-25H. The molecule has 0 saturated heterocycles. The number of anilines is 3. The fourth-order valence-corrected chi connectivity index (χ4v) is 7.90. The van der Waals surface area contributed by atoms with Crippen molar-refractivity contribution in [2.24, 2.45) is 0 Å². The molecule has 3 aromatic heterocycles. The van der Waals surface area contributed by atoms with Crippen molar-refractivity contribution in [3.05, 3.63) is 152 Å². The average molecular weight is 588 g/mol. The first-order valence-corrected chi connectivity index (χ1v) is 15.7. The Labute approximate surface area is 263 Å². The Balaban J connectivity index is 1.15.